The van der Waals surface area contributed by atoms with E-state index in [0.717, 1.165) is 11.3 Å². The van der Waals surface area contributed by atoms with E-state index in [1.54, 1.807) is 30.3 Å². The van der Waals surface area contributed by atoms with Crippen LogP contribution < -0.4 is 24.8 Å². The molecule has 1 heterocycles. The van der Waals surface area contributed by atoms with Gasteiger partial charge in [-0.3, -0.25) is 14.2 Å². The number of carbonyl (C=O) groups is 1. The molecule has 0 saturated heterocycles. The lowest BCUT2D eigenvalue weighted by Gasteiger charge is -2.05. The molecule has 1 aromatic heterocycles. The van der Waals surface area contributed by atoms with Crippen molar-refractivity contribution in [2.24, 2.45) is 0 Å². The van der Waals surface area contributed by atoms with Crippen LogP contribution in [-0.2, 0) is 4.79 Å². The van der Waals surface area contributed by atoms with E-state index in [2.05, 4.69) is 5.32 Å². The Morgan fingerprint density at radius 2 is 1.77 bits per heavy atom. The number of halogens is 1. The lowest BCUT2D eigenvalue weighted by molar-refractivity contribution is -0.111. The predicted molar refractivity (Wildman–Crippen MR) is 134 cm³/mol. The van der Waals surface area contributed by atoms with Gasteiger partial charge >= 0.3 is 0 Å². The third kappa shape index (κ3) is 5.21. The summed E-state index contributed by atoms with van der Waals surface area (Å²) in [6.07, 6.45) is 1.69. The number of carbonyl (C=O) groups excluding carboxylic acids is 1. The molecule has 35 heavy (non-hydrogen) atoms. The Balaban J connectivity index is 1.94. The Kier molecular flexibility index (Phi) is 7.19. The second kappa shape index (κ2) is 10.6. The Morgan fingerprint density at radius 1 is 1.09 bits per heavy atom. The summed E-state index contributed by atoms with van der Waals surface area (Å²) in [4.78, 5) is 26.5. The van der Waals surface area contributed by atoms with Crippen molar-refractivity contribution in [1.82, 2.24) is 4.57 Å². The molecule has 174 valence electrons. The second-order valence-corrected chi connectivity index (χ2v) is 8.34. The van der Waals surface area contributed by atoms with Gasteiger partial charge in [-0.1, -0.05) is 36.4 Å². The largest absolute Gasteiger partial charge is 0.493 e. The summed E-state index contributed by atoms with van der Waals surface area (Å²) in [5.74, 6) is -0.531. The van der Waals surface area contributed by atoms with Crippen LogP contribution in [0.5, 0.6) is 5.75 Å². The Morgan fingerprint density at radius 3 is 2.46 bits per heavy atom. The van der Waals surface area contributed by atoms with Crippen molar-refractivity contribution < 1.29 is 13.9 Å². The quantitative estimate of drug-likeness (QED) is 0.453. The fourth-order valence-electron chi connectivity index (χ4n) is 3.41. The van der Waals surface area contributed by atoms with Gasteiger partial charge in [0.25, 0.3) is 11.5 Å². The first-order chi connectivity index (χ1) is 17.0. The fraction of sp³-hybridized carbons (Fsp3) is 0.0741. The third-order valence-corrected chi connectivity index (χ3v) is 6.09. The highest BCUT2D eigenvalue weighted by molar-refractivity contribution is 7.07. The Bertz CT molecular complexity index is 1580. The number of nitrogens with one attached hydrogen (secondary N) is 1. The molecule has 0 fully saturated rings. The maximum absolute atomic E-state index is 13.5. The van der Waals surface area contributed by atoms with Gasteiger partial charge < -0.3 is 10.1 Å². The number of para-hydroxylation sites is 2. The number of hydrogen-bond acceptors (Lipinski definition) is 5. The highest BCUT2D eigenvalue weighted by Gasteiger charge is 2.17. The zero-order valence-corrected chi connectivity index (χ0v) is 19.5. The van der Waals surface area contributed by atoms with Gasteiger partial charge in [-0.2, -0.15) is 5.26 Å². The molecule has 6 nitrogen and oxygen atoms in total. The van der Waals surface area contributed by atoms with Crippen molar-refractivity contribution in [3.8, 4) is 17.5 Å². The second-order valence-electron chi connectivity index (χ2n) is 7.31. The number of benzene rings is 3. The van der Waals surface area contributed by atoms with Gasteiger partial charge in [-0.25, -0.2) is 4.39 Å². The fourth-order valence-corrected chi connectivity index (χ4v) is 4.50. The van der Waals surface area contributed by atoms with E-state index < -0.39 is 11.7 Å². The Hall–Kier alpha value is -4.48. The first kappa shape index (κ1) is 23.7. The molecule has 1 amide bonds. The number of rotatable bonds is 6. The van der Waals surface area contributed by atoms with Crippen molar-refractivity contribution in [3.05, 3.63) is 110 Å². The minimum atomic E-state index is -0.702. The molecule has 0 aliphatic heterocycles. The standard InChI is InChI=1S/C27H20FN3O3S/c1-2-34-23-11-7-6-8-18(23)16-24-26(33)31(21-9-4-3-5-10-21)27(35-24)22(17-29)25(32)30-20-14-12-19(28)13-15-20/h3-16H,2H2,1H3,(H,30,32). The van der Waals surface area contributed by atoms with Gasteiger partial charge in [0.15, 0.2) is 5.57 Å². The van der Waals surface area contributed by atoms with E-state index in [9.17, 15) is 19.2 Å². The summed E-state index contributed by atoms with van der Waals surface area (Å²) in [5, 5.41) is 12.5. The molecular formula is C27H20FN3O3S. The smallest absolute Gasteiger partial charge is 0.273 e. The minimum Gasteiger partial charge on any atom is -0.493 e. The average molecular weight is 486 g/mol. The lowest BCUT2D eigenvalue weighted by Crippen LogP contribution is -2.32. The zero-order valence-electron chi connectivity index (χ0n) is 18.7. The summed E-state index contributed by atoms with van der Waals surface area (Å²) >= 11 is 1.04. The molecule has 8 heteroatoms. The van der Waals surface area contributed by atoms with Crippen molar-refractivity contribution in [3.63, 3.8) is 0 Å². The zero-order chi connectivity index (χ0) is 24.8. The van der Waals surface area contributed by atoms with E-state index in [4.69, 9.17) is 4.74 Å². The van der Waals surface area contributed by atoms with Crippen LogP contribution in [0.3, 0.4) is 0 Å². The van der Waals surface area contributed by atoms with Crippen LogP contribution in [0.15, 0.2) is 83.7 Å². The van der Waals surface area contributed by atoms with E-state index in [1.165, 1.54) is 28.8 Å². The normalized spacial score (nSPS) is 12.1. The van der Waals surface area contributed by atoms with Crippen LogP contribution in [0.4, 0.5) is 10.1 Å². The lowest BCUT2D eigenvalue weighted by atomic mass is 10.2. The SMILES string of the molecule is CCOc1ccccc1C=c1sc(=C(C#N)C(=O)Nc2ccc(F)cc2)n(-c2ccccc2)c1=O. The molecule has 0 saturated carbocycles. The summed E-state index contributed by atoms with van der Waals surface area (Å²) < 4.78 is 20.8. The number of aromatic nitrogens is 1. The number of thiazole rings is 1. The highest BCUT2D eigenvalue weighted by Crippen LogP contribution is 2.18. The van der Waals surface area contributed by atoms with E-state index in [-0.39, 0.29) is 15.8 Å². The van der Waals surface area contributed by atoms with Gasteiger partial charge in [0.1, 0.15) is 22.3 Å². The van der Waals surface area contributed by atoms with E-state index in [0.29, 0.717) is 33.8 Å². The topological polar surface area (TPSA) is 84.1 Å². The number of amides is 1. The van der Waals surface area contributed by atoms with Crippen molar-refractivity contribution in [2.45, 2.75) is 6.92 Å². The first-order valence-corrected chi connectivity index (χ1v) is 11.6. The molecule has 4 rings (SSSR count). The minimum absolute atomic E-state index is 0.184. The van der Waals surface area contributed by atoms with Gasteiger partial charge in [0, 0.05) is 11.3 Å². The number of ether oxygens (including phenoxy) is 1. The molecule has 0 aliphatic rings. The number of anilines is 1. The van der Waals surface area contributed by atoms with Crippen molar-refractivity contribution >= 4 is 34.6 Å². The van der Waals surface area contributed by atoms with Crippen LogP contribution in [0.2, 0.25) is 0 Å². The van der Waals surface area contributed by atoms with Crippen LogP contribution in [0, 0.1) is 17.1 Å². The van der Waals surface area contributed by atoms with Crippen LogP contribution >= 0.6 is 11.3 Å². The summed E-state index contributed by atoms with van der Waals surface area (Å²) in [6.45, 7) is 2.33. The molecule has 0 atom stereocenters. The predicted octanol–water partition coefficient (Wildman–Crippen LogP) is 3.58. The summed E-state index contributed by atoms with van der Waals surface area (Å²) in [7, 11) is 0. The first-order valence-electron chi connectivity index (χ1n) is 10.7. The molecule has 0 bridgehead atoms. The average Bonchev–Trinajstić information content (AvgIpc) is 3.18. The maximum atomic E-state index is 13.5. The highest BCUT2D eigenvalue weighted by atomic mass is 32.1. The Labute approximate surface area is 204 Å². The molecule has 0 aliphatic carbocycles. The number of nitriles is 1. The van der Waals surface area contributed by atoms with Gasteiger partial charge in [0.2, 0.25) is 0 Å². The monoisotopic (exact) mass is 485 g/mol. The molecule has 0 unspecified atom stereocenters. The molecule has 4 aromatic rings. The maximum Gasteiger partial charge on any atom is 0.273 e. The molecule has 1 N–H and O–H groups in total. The summed E-state index contributed by atoms with van der Waals surface area (Å²) in [6, 6.07) is 23.2. The van der Waals surface area contributed by atoms with E-state index in [1.807, 2.05) is 43.3 Å². The molecule has 0 spiro atoms. The summed E-state index contributed by atoms with van der Waals surface area (Å²) in [5.41, 5.74) is 0.937. The molecule has 0 radical (unpaired) electrons. The number of hydrogen-bond donors (Lipinski definition) is 1. The van der Waals surface area contributed by atoms with Crippen molar-refractivity contribution in [1.29, 1.82) is 5.26 Å². The number of nitrogens with zero attached hydrogens (tertiary/aromatic N) is 2. The third-order valence-electron chi connectivity index (χ3n) is 5.00. The van der Waals surface area contributed by atoms with Crippen LogP contribution in [0.1, 0.15) is 12.5 Å². The molecular weight excluding hydrogens is 465 g/mol. The van der Waals surface area contributed by atoms with Crippen LogP contribution in [-0.4, -0.2) is 17.1 Å². The van der Waals surface area contributed by atoms with E-state index >= 15 is 0 Å². The molecule has 3 aromatic carbocycles. The van der Waals surface area contributed by atoms with Crippen LogP contribution in [0.25, 0.3) is 17.3 Å². The van der Waals surface area contributed by atoms with Gasteiger partial charge in [0.05, 0.1) is 16.8 Å². The van der Waals surface area contributed by atoms with Gasteiger partial charge in [-0.15, -0.1) is 11.3 Å². The van der Waals surface area contributed by atoms with Crippen molar-refractivity contribution in [2.75, 3.05) is 11.9 Å². The van der Waals surface area contributed by atoms with Gasteiger partial charge in [-0.05, 0) is 55.5 Å².